The maximum absolute atomic E-state index is 12.4. The highest BCUT2D eigenvalue weighted by molar-refractivity contribution is 5.85. The number of methoxy groups -OCH3 is 1. The number of carbonyl (C=O) groups is 1. The minimum atomic E-state index is -2.92. The van der Waals surface area contributed by atoms with Crippen LogP contribution in [0, 0.1) is 0 Å². The number of hydrogen-bond acceptors (Lipinski definition) is 5. The fourth-order valence-corrected chi connectivity index (χ4v) is 2.24. The van der Waals surface area contributed by atoms with Crippen molar-refractivity contribution in [1.82, 2.24) is 10.6 Å². The molecule has 136 valence electrons. The average molecular weight is 367 g/mol. The van der Waals surface area contributed by atoms with Crippen molar-refractivity contribution in [3.05, 3.63) is 23.8 Å². The monoisotopic (exact) mass is 366 g/mol. The number of nitrogens with one attached hydrogen (secondary N) is 2. The summed E-state index contributed by atoms with van der Waals surface area (Å²) >= 11 is 0. The second-order valence-electron chi connectivity index (χ2n) is 4.97. The fraction of sp³-hybridized carbons (Fsp3) is 0.533. The van der Waals surface area contributed by atoms with E-state index in [1.165, 1.54) is 13.2 Å². The van der Waals surface area contributed by atoms with E-state index in [4.69, 9.17) is 9.47 Å². The van der Waals surface area contributed by atoms with Gasteiger partial charge in [0.05, 0.1) is 13.7 Å². The minimum Gasteiger partial charge on any atom is -0.493 e. The van der Waals surface area contributed by atoms with Crippen LogP contribution in [0.3, 0.4) is 0 Å². The van der Waals surface area contributed by atoms with Gasteiger partial charge in [0.25, 0.3) is 0 Å². The Hall–Kier alpha value is -1.64. The molecule has 1 saturated heterocycles. The van der Waals surface area contributed by atoms with Crippen molar-refractivity contribution in [2.45, 2.75) is 19.1 Å². The minimum absolute atomic E-state index is 0. The van der Waals surface area contributed by atoms with Crippen LogP contribution in [-0.4, -0.2) is 52.0 Å². The number of morpholine rings is 1. The van der Waals surface area contributed by atoms with E-state index in [9.17, 15) is 13.6 Å². The summed E-state index contributed by atoms with van der Waals surface area (Å²) in [6.45, 7) is -0.817. The summed E-state index contributed by atoms with van der Waals surface area (Å²) in [5.41, 5.74) is 0.754. The zero-order chi connectivity index (χ0) is 16.7. The van der Waals surface area contributed by atoms with Crippen molar-refractivity contribution in [1.29, 1.82) is 0 Å². The van der Waals surface area contributed by atoms with Gasteiger partial charge in [0.15, 0.2) is 11.5 Å². The van der Waals surface area contributed by atoms with Crippen LogP contribution in [0.25, 0.3) is 0 Å². The van der Waals surface area contributed by atoms with Crippen molar-refractivity contribution >= 4 is 18.3 Å². The molecule has 0 radical (unpaired) electrons. The first-order chi connectivity index (χ1) is 11.1. The molecule has 24 heavy (non-hydrogen) atoms. The highest BCUT2D eigenvalue weighted by atomic mass is 35.5. The number of amides is 1. The molecule has 1 aliphatic rings. The molecule has 6 nitrogen and oxygen atoms in total. The number of rotatable bonds is 7. The fourth-order valence-electron chi connectivity index (χ4n) is 2.24. The number of ether oxygens (including phenoxy) is 3. The van der Waals surface area contributed by atoms with Gasteiger partial charge in [0.2, 0.25) is 5.91 Å². The number of carbonyl (C=O) groups excluding carboxylic acids is 1. The molecule has 1 atom stereocenters. The summed E-state index contributed by atoms with van der Waals surface area (Å²) in [5, 5.41) is 5.84. The second kappa shape index (κ2) is 10.3. The molecule has 2 rings (SSSR count). The van der Waals surface area contributed by atoms with Crippen LogP contribution >= 0.6 is 12.4 Å². The van der Waals surface area contributed by atoms with E-state index < -0.39 is 12.7 Å². The zero-order valence-electron chi connectivity index (χ0n) is 13.2. The van der Waals surface area contributed by atoms with Gasteiger partial charge in [-0.15, -0.1) is 12.4 Å². The predicted molar refractivity (Wildman–Crippen MR) is 86.2 cm³/mol. The first-order valence-electron chi connectivity index (χ1n) is 7.32. The molecular weight excluding hydrogens is 346 g/mol. The Labute approximate surface area is 145 Å². The van der Waals surface area contributed by atoms with Crippen molar-refractivity contribution in [3.63, 3.8) is 0 Å². The third-order valence-corrected chi connectivity index (χ3v) is 3.38. The van der Waals surface area contributed by atoms with Crippen LogP contribution in [0.2, 0.25) is 0 Å². The molecule has 0 saturated carbocycles. The van der Waals surface area contributed by atoms with Gasteiger partial charge in [-0.3, -0.25) is 4.79 Å². The van der Waals surface area contributed by atoms with E-state index >= 15 is 0 Å². The highest BCUT2D eigenvalue weighted by Gasteiger charge is 2.21. The zero-order valence-corrected chi connectivity index (χ0v) is 14.0. The van der Waals surface area contributed by atoms with Crippen molar-refractivity contribution in [2.75, 3.05) is 33.4 Å². The lowest BCUT2D eigenvalue weighted by atomic mass is 10.1. The van der Waals surface area contributed by atoms with Gasteiger partial charge in [-0.1, -0.05) is 6.07 Å². The lowest BCUT2D eigenvalue weighted by Gasteiger charge is -2.22. The van der Waals surface area contributed by atoms with Gasteiger partial charge in [-0.25, -0.2) is 0 Å². The standard InChI is InChI=1S/C15H20F2N2O4.ClH/c1-21-11-3-2-10(8-12(11)23-15(16)17)4-5-19-14(20)13-9-18-6-7-22-13;/h2-3,8,13,15,18H,4-7,9H2,1H3,(H,19,20);1H. The van der Waals surface area contributed by atoms with Crippen LogP contribution in [0.1, 0.15) is 5.56 Å². The summed E-state index contributed by atoms with van der Waals surface area (Å²) in [6.07, 6.45) is -0.00694. The van der Waals surface area contributed by atoms with E-state index in [1.54, 1.807) is 12.1 Å². The maximum atomic E-state index is 12.4. The van der Waals surface area contributed by atoms with Gasteiger partial charge >= 0.3 is 6.61 Å². The van der Waals surface area contributed by atoms with E-state index in [0.29, 0.717) is 26.1 Å². The molecule has 1 aromatic carbocycles. The van der Waals surface area contributed by atoms with E-state index in [2.05, 4.69) is 15.4 Å². The molecule has 1 amide bonds. The van der Waals surface area contributed by atoms with Gasteiger partial charge in [0, 0.05) is 19.6 Å². The third kappa shape index (κ3) is 6.10. The Balaban J connectivity index is 0.00000288. The molecule has 0 spiro atoms. The Kier molecular flexibility index (Phi) is 8.73. The van der Waals surface area contributed by atoms with Crippen molar-refractivity contribution < 1.29 is 27.8 Å². The smallest absolute Gasteiger partial charge is 0.387 e. The van der Waals surface area contributed by atoms with Crippen LogP contribution in [0.15, 0.2) is 18.2 Å². The topological polar surface area (TPSA) is 68.8 Å². The lowest BCUT2D eigenvalue weighted by Crippen LogP contribution is -2.48. The van der Waals surface area contributed by atoms with Crippen molar-refractivity contribution in [3.8, 4) is 11.5 Å². The summed E-state index contributed by atoms with van der Waals surface area (Å²) in [7, 11) is 1.38. The third-order valence-electron chi connectivity index (χ3n) is 3.38. The predicted octanol–water partition coefficient (Wildman–Crippen LogP) is 1.37. The van der Waals surface area contributed by atoms with Gasteiger partial charge < -0.3 is 24.8 Å². The molecule has 0 aliphatic carbocycles. The number of hydrogen-bond donors (Lipinski definition) is 2. The molecule has 0 aromatic heterocycles. The van der Waals surface area contributed by atoms with E-state index in [0.717, 1.165) is 12.1 Å². The Bertz CT molecular complexity index is 528. The lowest BCUT2D eigenvalue weighted by molar-refractivity contribution is -0.134. The molecule has 1 aliphatic heterocycles. The largest absolute Gasteiger partial charge is 0.493 e. The van der Waals surface area contributed by atoms with Crippen LogP contribution < -0.4 is 20.1 Å². The molecule has 2 N–H and O–H groups in total. The van der Waals surface area contributed by atoms with Gasteiger partial charge in [0.1, 0.15) is 6.10 Å². The molecule has 1 heterocycles. The number of halogens is 3. The van der Waals surface area contributed by atoms with Crippen LogP contribution in [0.4, 0.5) is 8.78 Å². The van der Waals surface area contributed by atoms with Crippen molar-refractivity contribution in [2.24, 2.45) is 0 Å². The first-order valence-corrected chi connectivity index (χ1v) is 7.32. The quantitative estimate of drug-likeness (QED) is 0.762. The molecule has 1 fully saturated rings. The summed E-state index contributed by atoms with van der Waals surface area (Å²) in [5.74, 6) is 0.0284. The van der Waals surface area contributed by atoms with E-state index in [-0.39, 0.29) is 29.8 Å². The maximum Gasteiger partial charge on any atom is 0.387 e. The highest BCUT2D eigenvalue weighted by Crippen LogP contribution is 2.29. The summed E-state index contributed by atoms with van der Waals surface area (Å²) in [4.78, 5) is 11.9. The second-order valence-corrected chi connectivity index (χ2v) is 4.97. The van der Waals surface area contributed by atoms with Gasteiger partial charge in [-0.2, -0.15) is 8.78 Å². The Morgan fingerprint density at radius 1 is 1.46 bits per heavy atom. The SMILES string of the molecule is COc1ccc(CCNC(=O)C2CNCCO2)cc1OC(F)F.Cl. The molecule has 1 unspecified atom stereocenters. The molecule has 1 aromatic rings. The summed E-state index contributed by atoms with van der Waals surface area (Å²) in [6, 6.07) is 4.78. The Morgan fingerprint density at radius 2 is 2.25 bits per heavy atom. The molecule has 9 heteroatoms. The Morgan fingerprint density at radius 3 is 2.88 bits per heavy atom. The van der Waals surface area contributed by atoms with Crippen LogP contribution in [-0.2, 0) is 16.0 Å². The van der Waals surface area contributed by atoms with Gasteiger partial charge in [-0.05, 0) is 24.1 Å². The molecular formula is C15H21ClF2N2O4. The normalized spacial score (nSPS) is 17.1. The molecule has 0 bridgehead atoms. The average Bonchev–Trinajstić information content (AvgIpc) is 2.55. The van der Waals surface area contributed by atoms with Crippen LogP contribution in [0.5, 0.6) is 11.5 Å². The summed E-state index contributed by atoms with van der Waals surface area (Å²) < 4.78 is 39.5. The first kappa shape index (κ1) is 20.4. The number of alkyl halides is 2. The van der Waals surface area contributed by atoms with E-state index in [1.807, 2.05) is 0 Å². The number of benzene rings is 1.